The SMILES string of the molecule is CC(C)(C)OC(=O)N1CCC(CN2C=CN(C(=O)OCc3ccccc3)CC2=O)(NS(C)(=O)=O)CC1. The summed E-state index contributed by atoms with van der Waals surface area (Å²) in [5.74, 6) is -0.376. The van der Waals surface area contributed by atoms with Crippen LogP contribution in [0.1, 0.15) is 39.2 Å². The molecule has 36 heavy (non-hydrogen) atoms. The number of hydrogen-bond acceptors (Lipinski definition) is 7. The van der Waals surface area contributed by atoms with E-state index in [2.05, 4.69) is 4.72 Å². The van der Waals surface area contributed by atoms with Crippen molar-refractivity contribution in [1.82, 2.24) is 19.4 Å². The fourth-order valence-corrected chi connectivity index (χ4v) is 5.11. The third-order valence-electron chi connectivity index (χ3n) is 5.74. The van der Waals surface area contributed by atoms with Crippen molar-refractivity contribution in [2.24, 2.45) is 0 Å². The normalized spacial score (nSPS) is 18.2. The maximum Gasteiger partial charge on any atom is 0.414 e. The van der Waals surface area contributed by atoms with Crippen molar-refractivity contribution in [3.8, 4) is 0 Å². The molecule has 3 rings (SSSR count). The van der Waals surface area contributed by atoms with Crippen molar-refractivity contribution in [2.45, 2.75) is 51.4 Å². The van der Waals surface area contributed by atoms with Crippen LogP contribution in [-0.2, 0) is 30.9 Å². The first-order chi connectivity index (χ1) is 16.8. The quantitative estimate of drug-likeness (QED) is 0.607. The lowest BCUT2D eigenvalue weighted by atomic mass is 9.88. The molecule has 1 N–H and O–H groups in total. The highest BCUT2D eigenvalue weighted by atomic mass is 32.2. The van der Waals surface area contributed by atoms with Crippen LogP contribution in [0.2, 0.25) is 0 Å². The standard InChI is InChI=1S/C24H34N4O7S/c1-23(2,3)35-22(31)26-12-10-24(11-13-26,25-36(4,32)33)18-28-15-14-27(16-20(28)29)21(30)34-17-19-8-6-5-7-9-19/h5-9,14-15,25H,10-13,16-18H2,1-4H3. The third kappa shape index (κ3) is 7.95. The van der Waals surface area contributed by atoms with Crippen molar-refractivity contribution in [2.75, 3.05) is 32.4 Å². The van der Waals surface area contributed by atoms with Crippen LogP contribution in [0.5, 0.6) is 0 Å². The number of rotatable bonds is 6. The van der Waals surface area contributed by atoms with Gasteiger partial charge in [-0.25, -0.2) is 22.7 Å². The first-order valence-corrected chi connectivity index (χ1v) is 13.6. The van der Waals surface area contributed by atoms with E-state index >= 15 is 0 Å². The average Bonchev–Trinajstić information content (AvgIpc) is 2.77. The van der Waals surface area contributed by atoms with Crippen molar-refractivity contribution in [3.05, 3.63) is 48.3 Å². The van der Waals surface area contributed by atoms with Crippen LogP contribution < -0.4 is 4.72 Å². The van der Waals surface area contributed by atoms with E-state index in [0.29, 0.717) is 12.8 Å². The Balaban J connectivity index is 1.64. The van der Waals surface area contributed by atoms with Crippen molar-refractivity contribution in [3.63, 3.8) is 0 Å². The lowest BCUT2D eigenvalue weighted by Crippen LogP contribution is -2.62. The molecule has 0 atom stereocenters. The predicted molar refractivity (Wildman–Crippen MR) is 132 cm³/mol. The summed E-state index contributed by atoms with van der Waals surface area (Å²) in [4.78, 5) is 41.8. The zero-order valence-corrected chi connectivity index (χ0v) is 21.9. The van der Waals surface area contributed by atoms with Gasteiger partial charge in [0.2, 0.25) is 15.9 Å². The van der Waals surface area contributed by atoms with Gasteiger partial charge in [-0.3, -0.25) is 9.69 Å². The number of benzene rings is 1. The third-order valence-corrected chi connectivity index (χ3v) is 6.54. The van der Waals surface area contributed by atoms with Gasteiger partial charge >= 0.3 is 12.2 Å². The molecule has 0 bridgehead atoms. The van der Waals surface area contributed by atoms with Gasteiger partial charge in [-0.2, -0.15) is 0 Å². The highest BCUT2D eigenvalue weighted by Gasteiger charge is 2.41. The van der Waals surface area contributed by atoms with Crippen molar-refractivity contribution in [1.29, 1.82) is 0 Å². The number of amides is 3. The zero-order valence-electron chi connectivity index (χ0n) is 21.1. The number of nitrogens with zero attached hydrogens (tertiary/aromatic N) is 3. The number of hydrogen-bond donors (Lipinski definition) is 1. The average molecular weight is 523 g/mol. The molecule has 0 spiro atoms. The molecule has 2 heterocycles. The molecule has 0 aromatic heterocycles. The Hall–Kier alpha value is -3.12. The second-order valence-electron chi connectivity index (χ2n) is 10.1. The van der Waals surface area contributed by atoms with Crippen LogP contribution in [0.15, 0.2) is 42.7 Å². The smallest absolute Gasteiger partial charge is 0.414 e. The van der Waals surface area contributed by atoms with Crippen molar-refractivity contribution < 1.29 is 32.3 Å². The molecule has 0 radical (unpaired) electrons. The Morgan fingerprint density at radius 2 is 1.69 bits per heavy atom. The zero-order chi connectivity index (χ0) is 26.6. The number of nitrogens with one attached hydrogen (secondary N) is 1. The minimum Gasteiger partial charge on any atom is -0.444 e. The molecule has 2 aliphatic rings. The van der Waals surface area contributed by atoms with E-state index in [-0.39, 0.29) is 38.7 Å². The van der Waals surface area contributed by atoms with E-state index in [4.69, 9.17) is 9.47 Å². The monoisotopic (exact) mass is 522 g/mol. The Morgan fingerprint density at radius 1 is 1.06 bits per heavy atom. The van der Waals surface area contributed by atoms with Gasteiger partial charge in [0.05, 0.1) is 11.8 Å². The Morgan fingerprint density at radius 3 is 2.25 bits per heavy atom. The fourth-order valence-electron chi connectivity index (χ4n) is 4.06. The maximum atomic E-state index is 12.9. The summed E-state index contributed by atoms with van der Waals surface area (Å²) >= 11 is 0. The number of sulfonamides is 1. The minimum absolute atomic E-state index is 0.0600. The van der Waals surface area contributed by atoms with Gasteiger partial charge in [0.15, 0.2) is 0 Å². The lowest BCUT2D eigenvalue weighted by Gasteiger charge is -2.44. The topological polar surface area (TPSA) is 126 Å². The number of carbonyl (C=O) groups excluding carboxylic acids is 3. The number of ether oxygens (including phenoxy) is 2. The fraction of sp³-hybridized carbons (Fsp3) is 0.542. The van der Waals surface area contributed by atoms with E-state index in [1.54, 1.807) is 20.8 Å². The number of carbonyl (C=O) groups is 3. The molecule has 1 aromatic carbocycles. The van der Waals surface area contributed by atoms with Gasteiger partial charge < -0.3 is 19.3 Å². The highest BCUT2D eigenvalue weighted by molar-refractivity contribution is 7.88. The van der Waals surface area contributed by atoms with E-state index in [1.807, 2.05) is 30.3 Å². The second-order valence-corrected chi connectivity index (χ2v) is 11.9. The number of likely N-dealkylation sites (tertiary alicyclic amines) is 1. The van der Waals surface area contributed by atoms with Gasteiger partial charge in [0.1, 0.15) is 18.8 Å². The first-order valence-electron chi connectivity index (χ1n) is 11.7. The highest BCUT2D eigenvalue weighted by Crippen LogP contribution is 2.27. The first kappa shape index (κ1) is 27.5. The molecule has 198 valence electrons. The second kappa shape index (κ2) is 10.9. The van der Waals surface area contributed by atoms with Gasteiger partial charge in [-0.15, -0.1) is 0 Å². The van der Waals surface area contributed by atoms with Gasteiger partial charge in [-0.05, 0) is 39.2 Å². The summed E-state index contributed by atoms with van der Waals surface area (Å²) < 4.78 is 37.7. The van der Waals surface area contributed by atoms with Crippen LogP contribution in [0.3, 0.4) is 0 Å². The molecule has 1 aromatic rings. The van der Waals surface area contributed by atoms with E-state index in [1.165, 1.54) is 27.1 Å². The molecule has 2 aliphatic heterocycles. The van der Waals surface area contributed by atoms with Crippen LogP contribution in [0.25, 0.3) is 0 Å². The summed E-state index contributed by atoms with van der Waals surface area (Å²) in [6.07, 6.45) is 3.42. The van der Waals surface area contributed by atoms with E-state index in [9.17, 15) is 22.8 Å². The van der Waals surface area contributed by atoms with Crippen LogP contribution in [0, 0.1) is 0 Å². The largest absolute Gasteiger partial charge is 0.444 e. The maximum absolute atomic E-state index is 12.9. The molecule has 0 aliphatic carbocycles. The predicted octanol–water partition coefficient (Wildman–Crippen LogP) is 2.26. The molecule has 3 amide bonds. The van der Waals surface area contributed by atoms with Crippen LogP contribution >= 0.6 is 0 Å². The van der Waals surface area contributed by atoms with E-state index in [0.717, 1.165) is 11.8 Å². The Bertz CT molecular complexity index is 1090. The molecule has 11 nitrogen and oxygen atoms in total. The molecule has 0 saturated carbocycles. The summed E-state index contributed by atoms with van der Waals surface area (Å²) in [7, 11) is -3.61. The van der Waals surface area contributed by atoms with Gasteiger partial charge in [0, 0.05) is 32.0 Å². The molecular formula is C24H34N4O7S. The Labute approximate surface area is 212 Å². The summed E-state index contributed by atoms with van der Waals surface area (Å²) in [5, 5.41) is 0. The molecule has 1 fully saturated rings. The molecule has 12 heteroatoms. The van der Waals surface area contributed by atoms with Crippen LogP contribution in [-0.4, -0.2) is 84.8 Å². The lowest BCUT2D eigenvalue weighted by molar-refractivity contribution is -0.131. The molecule has 1 saturated heterocycles. The van der Waals surface area contributed by atoms with Crippen LogP contribution in [0.4, 0.5) is 9.59 Å². The van der Waals surface area contributed by atoms with E-state index < -0.39 is 33.3 Å². The van der Waals surface area contributed by atoms with Gasteiger partial charge in [0.25, 0.3) is 0 Å². The Kier molecular flexibility index (Phi) is 8.29. The summed E-state index contributed by atoms with van der Waals surface area (Å²) in [6.45, 7) is 5.77. The minimum atomic E-state index is -3.61. The summed E-state index contributed by atoms with van der Waals surface area (Å²) in [5.41, 5.74) is -0.788. The van der Waals surface area contributed by atoms with Gasteiger partial charge in [-0.1, -0.05) is 30.3 Å². The van der Waals surface area contributed by atoms with Crippen molar-refractivity contribution >= 4 is 28.1 Å². The molecule has 0 unspecified atom stereocenters. The summed E-state index contributed by atoms with van der Waals surface area (Å²) in [6, 6.07) is 9.19. The molecular weight excluding hydrogens is 488 g/mol. The number of piperidine rings is 1.